The molecule has 2 N–H and O–H groups in total. The maximum absolute atomic E-state index is 14.6. The summed E-state index contributed by atoms with van der Waals surface area (Å²) in [6, 6.07) is 30.6. The number of nitrogens with one attached hydrogen (secondary N) is 2. The van der Waals surface area contributed by atoms with E-state index in [0.717, 1.165) is 55.8 Å². The van der Waals surface area contributed by atoms with Crippen molar-refractivity contribution in [3.05, 3.63) is 146 Å². The number of hydrogen-bond donors (Lipinski definition) is 2. The van der Waals surface area contributed by atoms with E-state index in [0.29, 0.717) is 24.3 Å². The maximum Gasteiger partial charge on any atom is 0.323 e. The zero-order valence-electron chi connectivity index (χ0n) is 27.7. The van der Waals surface area contributed by atoms with Gasteiger partial charge in [0.25, 0.3) is 5.91 Å². The van der Waals surface area contributed by atoms with Crippen molar-refractivity contribution < 1.29 is 14.3 Å². The van der Waals surface area contributed by atoms with E-state index in [4.69, 9.17) is 9.73 Å². The number of hydrogen-bond acceptors (Lipinski definition) is 5. The lowest BCUT2D eigenvalue weighted by atomic mass is 9.96. The molecule has 0 aliphatic carbocycles. The highest BCUT2D eigenvalue weighted by atomic mass is 127. The van der Waals surface area contributed by atoms with Crippen LogP contribution in [0, 0.1) is 3.57 Å². The molecule has 49 heavy (non-hydrogen) atoms. The summed E-state index contributed by atoms with van der Waals surface area (Å²) in [4.78, 5) is 38.5. The summed E-state index contributed by atoms with van der Waals surface area (Å²) in [5.41, 5.74) is 9.18. The normalized spacial score (nSPS) is 14.0. The Morgan fingerprint density at radius 2 is 1.59 bits per heavy atom. The Bertz CT molecular complexity index is 1980. The molecule has 5 aromatic rings. The van der Waals surface area contributed by atoms with Crippen molar-refractivity contribution in [3.8, 4) is 5.75 Å². The van der Waals surface area contributed by atoms with Crippen LogP contribution in [0.3, 0.4) is 0 Å². The predicted octanol–water partition coefficient (Wildman–Crippen LogP) is 8.46. The van der Waals surface area contributed by atoms with Crippen molar-refractivity contribution in [2.24, 2.45) is 4.99 Å². The topological polar surface area (TPSA) is 95.9 Å². The Labute approximate surface area is 300 Å². The lowest BCUT2D eigenvalue weighted by Gasteiger charge is -2.26. The van der Waals surface area contributed by atoms with Crippen LogP contribution in [-0.2, 0) is 30.6 Å². The van der Waals surface area contributed by atoms with Gasteiger partial charge < -0.3 is 20.3 Å². The Morgan fingerprint density at radius 3 is 2.29 bits per heavy atom. The molecule has 0 bridgehead atoms. The van der Waals surface area contributed by atoms with Crippen molar-refractivity contribution in [1.82, 2.24) is 4.98 Å². The molecule has 1 atom stereocenters. The van der Waals surface area contributed by atoms with Crippen LogP contribution in [0.2, 0.25) is 0 Å². The molecule has 0 radical (unpaired) electrons. The lowest BCUT2D eigenvalue weighted by Crippen LogP contribution is -2.38. The number of ether oxygens (including phenoxy) is 1. The smallest absolute Gasteiger partial charge is 0.323 e. The van der Waals surface area contributed by atoms with Gasteiger partial charge in [-0.3, -0.25) is 14.8 Å². The molecule has 1 unspecified atom stereocenters. The van der Waals surface area contributed by atoms with Gasteiger partial charge in [0.1, 0.15) is 11.8 Å². The van der Waals surface area contributed by atoms with Crippen LogP contribution < -0.4 is 20.3 Å². The third-order valence-electron chi connectivity index (χ3n) is 8.64. The second-order valence-electron chi connectivity index (χ2n) is 11.8. The number of methoxy groups -OCH3 is 1. The summed E-state index contributed by atoms with van der Waals surface area (Å²) < 4.78 is 6.41. The van der Waals surface area contributed by atoms with Crippen LogP contribution in [0.25, 0.3) is 0 Å². The highest BCUT2D eigenvalue weighted by Crippen LogP contribution is 2.33. The molecule has 0 spiro atoms. The number of halogens is 1. The summed E-state index contributed by atoms with van der Waals surface area (Å²) in [5, 5.41) is 5.67. The van der Waals surface area contributed by atoms with Gasteiger partial charge in [0.15, 0.2) is 0 Å². The summed E-state index contributed by atoms with van der Waals surface area (Å²) >= 11 is 2.31. The number of aryl methyl sites for hydroxylation is 2. The SMILES string of the molecule is CCc1ccc(CC2N=C(c3ccc(NC(=O)Nc4cccnc4)cc3)c3cc(I)ccc3N(Cc3ccc(OC)cc3)C2=O)cc1CC. The number of anilines is 3. The molecule has 0 saturated carbocycles. The number of urea groups is 1. The van der Waals surface area contributed by atoms with Crippen LogP contribution in [0.15, 0.2) is 114 Å². The average Bonchev–Trinajstić information content (AvgIpc) is 3.23. The third kappa shape index (κ3) is 8.00. The Hall–Kier alpha value is -5.03. The molecule has 4 aromatic carbocycles. The molecule has 1 aliphatic rings. The second-order valence-corrected chi connectivity index (χ2v) is 13.1. The van der Waals surface area contributed by atoms with E-state index >= 15 is 0 Å². The number of nitrogens with zero attached hydrogens (tertiary/aromatic N) is 3. The van der Waals surface area contributed by atoms with Gasteiger partial charge in [0.2, 0.25) is 0 Å². The van der Waals surface area contributed by atoms with E-state index in [9.17, 15) is 9.59 Å². The van der Waals surface area contributed by atoms with Gasteiger partial charge in [-0.25, -0.2) is 4.79 Å². The minimum Gasteiger partial charge on any atom is -0.497 e. The first kappa shape index (κ1) is 33.9. The summed E-state index contributed by atoms with van der Waals surface area (Å²) in [7, 11) is 1.64. The van der Waals surface area contributed by atoms with Crippen LogP contribution >= 0.6 is 22.6 Å². The fourth-order valence-corrected chi connectivity index (χ4v) is 6.59. The number of fused-ring (bicyclic) bond motifs is 1. The van der Waals surface area contributed by atoms with Crippen LogP contribution in [-0.4, -0.2) is 35.8 Å². The molecular weight excluding hydrogens is 725 g/mol. The molecular formula is C40H38IN5O3. The number of benzene rings is 4. The van der Waals surface area contributed by atoms with Gasteiger partial charge >= 0.3 is 6.03 Å². The summed E-state index contributed by atoms with van der Waals surface area (Å²) in [5.74, 6) is 0.704. The monoisotopic (exact) mass is 763 g/mol. The van der Waals surface area contributed by atoms with Crippen molar-refractivity contribution in [2.45, 2.75) is 45.7 Å². The van der Waals surface area contributed by atoms with Gasteiger partial charge in [-0.1, -0.05) is 56.3 Å². The second kappa shape index (κ2) is 15.5. The lowest BCUT2D eigenvalue weighted by molar-refractivity contribution is -0.119. The van der Waals surface area contributed by atoms with E-state index in [-0.39, 0.29) is 11.9 Å². The molecule has 3 amide bonds. The molecule has 9 heteroatoms. The van der Waals surface area contributed by atoms with E-state index in [1.807, 2.05) is 65.6 Å². The largest absolute Gasteiger partial charge is 0.497 e. The Kier molecular flexibility index (Phi) is 10.7. The molecule has 8 nitrogen and oxygen atoms in total. The average molecular weight is 764 g/mol. The van der Waals surface area contributed by atoms with Crippen LogP contribution in [0.4, 0.5) is 21.9 Å². The first-order chi connectivity index (χ1) is 23.8. The van der Waals surface area contributed by atoms with Gasteiger partial charge in [-0.2, -0.15) is 0 Å². The number of carbonyl (C=O) groups is 2. The van der Waals surface area contributed by atoms with Crippen molar-refractivity contribution in [3.63, 3.8) is 0 Å². The van der Waals surface area contributed by atoms with Gasteiger partial charge in [-0.05, 0) is 112 Å². The van der Waals surface area contributed by atoms with Crippen molar-refractivity contribution in [2.75, 3.05) is 22.6 Å². The molecule has 1 aliphatic heterocycles. The maximum atomic E-state index is 14.6. The predicted molar refractivity (Wildman–Crippen MR) is 205 cm³/mol. The van der Waals surface area contributed by atoms with E-state index in [1.54, 1.807) is 31.6 Å². The highest BCUT2D eigenvalue weighted by Gasteiger charge is 2.32. The first-order valence-electron chi connectivity index (χ1n) is 16.4. The molecule has 1 aromatic heterocycles. The fraction of sp³-hybridized carbons (Fsp3) is 0.200. The Balaban J connectivity index is 1.38. The van der Waals surface area contributed by atoms with Crippen molar-refractivity contribution in [1.29, 1.82) is 0 Å². The minimum absolute atomic E-state index is 0.0590. The molecule has 0 fully saturated rings. The third-order valence-corrected chi connectivity index (χ3v) is 9.31. The number of carbonyl (C=O) groups excluding carboxylic acids is 2. The quantitative estimate of drug-likeness (QED) is 0.140. The van der Waals surface area contributed by atoms with Gasteiger partial charge in [0.05, 0.1) is 36.9 Å². The minimum atomic E-state index is -0.654. The van der Waals surface area contributed by atoms with E-state index in [1.165, 1.54) is 11.1 Å². The van der Waals surface area contributed by atoms with Crippen LogP contribution in [0.1, 0.15) is 47.2 Å². The first-order valence-corrected chi connectivity index (χ1v) is 17.4. The zero-order chi connectivity index (χ0) is 34.3. The fourth-order valence-electron chi connectivity index (χ4n) is 6.10. The molecule has 0 saturated heterocycles. The standard InChI is InChI=1S/C40H38IN5O3/c1-4-28-11-8-27(21-29(28)5-2)22-36-39(47)46(25-26-9-17-34(49-3)18-10-26)37-19-14-31(41)23-35(37)38(45-36)30-12-15-32(16-13-30)43-40(48)44-33-7-6-20-42-24-33/h6-21,23-24,36H,4-5,22,25H2,1-3H3,(H2,43,44,48). The molecule has 2 heterocycles. The number of amides is 3. The zero-order valence-corrected chi connectivity index (χ0v) is 29.9. The van der Waals surface area contributed by atoms with Gasteiger partial charge in [0, 0.05) is 33.0 Å². The van der Waals surface area contributed by atoms with Gasteiger partial charge in [-0.15, -0.1) is 0 Å². The van der Waals surface area contributed by atoms with E-state index < -0.39 is 6.04 Å². The summed E-state index contributed by atoms with van der Waals surface area (Å²) in [6.07, 6.45) is 5.60. The van der Waals surface area contributed by atoms with Crippen molar-refractivity contribution >= 4 is 57.3 Å². The number of aromatic nitrogens is 1. The molecule has 248 valence electrons. The summed E-state index contributed by atoms with van der Waals surface area (Å²) in [6.45, 7) is 4.73. The Morgan fingerprint density at radius 1 is 0.857 bits per heavy atom. The molecule has 6 rings (SSSR count). The number of pyridine rings is 1. The number of benzodiazepines with no additional fused rings is 1. The van der Waals surface area contributed by atoms with Crippen LogP contribution in [0.5, 0.6) is 5.75 Å². The highest BCUT2D eigenvalue weighted by molar-refractivity contribution is 14.1. The van der Waals surface area contributed by atoms with E-state index in [2.05, 4.69) is 76.3 Å². The number of aliphatic imine (C=N–C) groups is 1. The number of rotatable bonds is 10.